The molecule has 3 rings (SSSR count). The number of para-hydroxylation sites is 1. The molecule has 1 amide bonds. The molecule has 0 bridgehead atoms. The van der Waals surface area contributed by atoms with Crippen molar-refractivity contribution in [2.24, 2.45) is 0 Å². The van der Waals surface area contributed by atoms with Gasteiger partial charge in [0.15, 0.2) is 28.2 Å². The van der Waals surface area contributed by atoms with Crippen molar-refractivity contribution < 1.29 is 50.0 Å². The molecule has 0 unspecified atom stereocenters. The largest absolute Gasteiger partial charge is 0.480 e. The molecule has 0 radical (unpaired) electrons. The van der Waals surface area contributed by atoms with Gasteiger partial charge < -0.3 is 10.0 Å². The highest BCUT2D eigenvalue weighted by atomic mass is 32.2. The van der Waals surface area contributed by atoms with E-state index in [0.717, 1.165) is 38.1 Å². The summed E-state index contributed by atoms with van der Waals surface area (Å²) < 4.78 is 97.7. The summed E-state index contributed by atoms with van der Waals surface area (Å²) in [6.07, 6.45) is -1.43. The SMILES string of the molecule is CC(C)(C(=O)O)N1C[C@](Cc2c(F)c(F)c(F)c(F)c2F)(NS(=O)(=O)c2ccccc2[N+](=O)[O-])C1=O. The van der Waals surface area contributed by atoms with Crippen molar-refractivity contribution >= 4 is 27.6 Å². The molecule has 194 valence electrons. The van der Waals surface area contributed by atoms with Gasteiger partial charge >= 0.3 is 5.97 Å². The second-order valence-electron chi connectivity index (χ2n) is 8.39. The lowest BCUT2D eigenvalue weighted by molar-refractivity contribution is -0.387. The van der Waals surface area contributed by atoms with Crippen LogP contribution in [0.4, 0.5) is 27.6 Å². The summed E-state index contributed by atoms with van der Waals surface area (Å²) in [6.45, 7) is 1.21. The molecule has 0 saturated carbocycles. The number of likely N-dealkylation sites (tertiary alicyclic amines) is 1. The first kappa shape index (κ1) is 26.9. The molecule has 1 aliphatic rings. The molecule has 16 heteroatoms. The van der Waals surface area contributed by atoms with E-state index in [1.54, 1.807) is 4.72 Å². The minimum absolute atomic E-state index is 0.601. The van der Waals surface area contributed by atoms with Gasteiger partial charge in [-0.3, -0.25) is 14.9 Å². The Bertz CT molecular complexity index is 1390. The first-order chi connectivity index (χ1) is 16.5. The lowest BCUT2D eigenvalue weighted by atomic mass is 9.79. The molecule has 1 aliphatic heterocycles. The first-order valence-corrected chi connectivity index (χ1v) is 11.3. The summed E-state index contributed by atoms with van der Waals surface area (Å²) in [7, 11) is -5.04. The van der Waals surface area contributed by atoms with Gasteiger partial charge in [-0.2, -0.15) is 4.72 Å². The molecule has 1 atom stereocenters. The third kappa shape index (κ3) is 4.15. The first-order valence-electron chi connectivity index (χ1n) is 9.81. The molecule has 2 aromatic carbocycles. The zero-order valence-corrected chi connectivity index (χ0v) is 19.1. The van der Waals surface area contributed by atoms with Crippen molar-refractivity contribution in [3.63, 3.8) is 0 Å². The number of β-lactam (4-membered cyclic amide) rings is 1. The Labute approximate surface area is 199 Å². The Hall–Kier alpha value is -3.66. The summed E-state index contributed by atoms with van der Waals surface area (Å²) in [5.74, 6) is -14.8. The number of carboxylic acid groups (broad SMARTS) is 1. The van der Waals surface area contributed by atoms with E-state index in [0.29, 0.717) is 4.90 Å². The summed E-state index contributed by atoms with van der Waals surface area (Å²) in [4.78, 5) is 34.5. The van der Waals surface area contributed by atoms with Gasteiger partial charge in [-0.15, -0.1) is 0 Å². The number of nitrogens with one attached hydrogen (secondary N) is 1. The standard InChI is InChI=1S/C20H16F5N3O7S/c1-19(2,18(30)31)27-8-20(17(27)29,7-9-12(21)14(23)16(25)15(24)13(9)22)26-36(34,35)11-6-4-3-5-10(11)28(32)33/h3-6,26H,7-8H2,1-2H3,(H,30,31)/t20-/m0/s1. The summed E-state index contributed by atoms with van der Waals surface area (Å²) in [5, 5.41) is 20.7. The molecule has 36 heavy (non-hydrogen) atoms. The van der Waals surface area contributed by atoms with Crippen LogP contribution in [0.5, 0.6) is 0 Å². The number of benzene rings is 2. The third-order valence-corrected chi connectivity index (χ3v) is 7.32. The van der Waals surface area contributed by atoms with Gasteiger partial charge in [0.05, 0.1) is 11.5 Å². The van der Waals surface area contributed by atoms with Crippen LogP contribution in [0.1, 0.15) is 19.4 Å². The molecule has 0 aromatic heterocycles. The van der Waals surface area contributed by atoms with Crippen molar-refractivity contribution in [1.29, 1.82) is 0 Å². The number of nitrogens with zero attached hydrogens (tertiary/aromatic N) is 2. The minimum Gasteiger partial charge on any atom is -0.480 e. The third-order valence-electron chi connectivity index (χ3n) is 5.74. The van der Waals surface area contributed by atoms with Crippen LogP contribution < -0.4 is 4.72 Å². The number of rotatable bonds is 8. The average Bonchev–Trinajstić information content (AvgIpc) is 2.81. The van der Waals surface area contributed by atoms with E-state index >= 15 is 0 Å². The van der Waals surface area contributed by atoms with Gasteiger partial charge in [-0.1, -0.05) is 12.1 Å². The second-order valence-corrected chi connectivity index (χ2v) is 10.0. The number of amides is 1. The number of hydrogen-bond donors (Lipinski definition) is 2. The Balaban J connectivity index is 2.17. The molecule has 2 N–H and O–H groups in total. The summed E-state index contributed by atoms with van der Waals surface area (Å²) in [5.41, 5.74) is -7.10. The van der Waals surface area contributed by atoms with Crippen molar-refractivity contribution in [2.75, 3.05) is 6.54 Å². The van der Waals surface area contributed by atoms with Crippen molar-refractivity contribution in [1.82, 2.24) is 9.62 Å². The minimum atomic E-state index is -5.04. The van der Waals surface area contributed by atoms with Gasteiger partial charge in [-0.25, -0.2) is 35.2 Å². The topological polar surface area (TPSA) is 147 Å². The number of halogens is 5. The smallest absolute Gasteiger partial charge is 0.329 e. The number of sulfonamides is 1. The number of carbonyl (C=O) groups excluding carboxylic acids is 1. The fourth-order valence-electron chi connectivity index (χ4n) is 3.64. The molecule has 1 heterocycles. The Kier molecular flexibility index (Phi) is 6.57. The van der Waals surface area contributed by atoms with Gasteiger partial charge in [-0.05, 0) is 19.9 Å². The zero-order valence-electron chi connectivity index (χ0n) is 18.3. The van der Waals surface area contributed by atoms with Crippen LogP contribution in [0.15, 0.2) is 29.2 Å². The maximum Gasteiger partial charge on any atom is 0.329 e. The Morgan fingerprint density at radius 2 is 1.61 bits per heavy atom. The monoisotopic (exact) mass is 537 g/mol. The summed E-state index contributed by atoms with van der Waals surface area (Å²) >= 11 is 0. The van der Waals surface area contributed by atoms with Crippen molar-refractivity contribution in [3.8, 4) is 0 Å². The molecule has 0 aliphatic carbocycles. The van der Waals surface area contributed by atoms with E-state index < -0.39 is 96.1 Å². The normalized spacial score (nSPS) is 18.2. The fraction of sp³-hybridized carbons (Fsp3) is 0.300. The molecule has 10 nitrogen and oxygen atoms in total. The highest BCUT2D eigenvalue weighted by Gasteiger charge is 2.60. The zero-order chi connectivity index (χ0) is 27.4. The molecule has 1 saturated heterocycles. The van der Waals surface area contributed by atoms with E-state index in [1.165, 1.54) is 0 Å². The molecular weight excluding hydrogens is 521 g/mol. The number of carbonyl (C=O) groups is 2. The number of aliphatic carboxylic acids is 1. The highest BCUT2D eigenvalue weighted by molar-refractivity contribution is 7.89. The van der Waals surface area contributed by atoms with Crippen LogP contribution in [0.2, 0.25) is 0 Å². The fourth-order valence-corrected chi connectivity index (χ4v) is 5.17. The molecule has 2 aromatic rings. The maximum absolute atomic E-state index is 14.4. The van der Waals surface area contributed by atoms with E-state index in [9.17, 15) is 55.2 Å². The van der Waals surface area contributed by atoms with Crippen LogP contribution in [-0.4, -0.2) is 52.8 Å². The number of nitro groups is 1. The van der Waals surface area contributed by atoms with Crippen LogP contribution in [0.25, 0.3) is 0 Å². The summed E-state index contributed by atoms with van der Waals surface area (Å²) in [6, 6.07) is 3.83. The van der Waals surface area contributed by atoms with Crippen LogP contribution in [-0.2, 0) is 26.0 Å². The Morgan fingerprint density at radius 1 is 1.11 bits per heavy atom. The van der Waals surface area contributed by atoms with E-state index in [2.05, 4.69) is 0 Å². The van der Waals surface area contributed by atoms with Gasteiger partial charge in [0.25, 0.3) is 5.69 Å². The van der Waals surface area contributed by atoms with Gasteiger partial charge in [0, 0.05) is 18.1 Å². The van der Waals surface area contributed by atoms with Crippen LogP contribution >= 0.6 is 0 Å². The quantitative estimate of drug-likeness (QED) is 0.131. The van der Waals surface area contributed by atoms with Crippen LogP contribution in [0.3, 0.4) is 0 Å². The second kappa shape index (κ2) is 8.77. The van der Waals surface area contributed by atoms with E-state index in [-0.39, 0.29) is 0 Å². The maximum atomic E-state index is 14.4. The predicted molar refractivity (Wildman–Crippen MR) is 110 cm³/mol. The van der Waals surface area contributed by atoms with Crippen LogP contribution in [0, 0.1) is 39.2 Å². The van der Waals surface area contributed by atoms with Crippen molar-refractivity contribution in [2.45, 2.75) is 36.2 Å². The highest BCUT2D eigenvalue weighted by Crippen LogP contribution is 2.37. The number of hydrogen-bond acceptors (Lipinski definition) is 6. The lowest BCUT2D eigenvalue weighted by Gasteiger charge is -2.53. The number of nitro benzene ring substituents is 1. The van der Waals surface area contributed by atoms with Gasteiger partial charge in [0.2, 0.25) is 21.7 Å². The Morgan fingerprint density at radius 3 is 2.08 bits per heavy atom. The van der Waals surface area contributed by atoms with E-state index in [1.807, 2.05) is 0 Å². The lowest BCUT2D eigenvalue weighted by Crippen LogP contribution is -2.79. The average molecular weight is 537 g/mol. The van der Waals surface area contributed by atoms with Crippen molar-refractivity contribution in [3.05, 3.63) is 69.0 Å². The van der Waals surface area contributed by atoms with E-state index in [4.69, 9.17) is 0 Å². The predicted octanol–water partition coefficient (Wildman–Crippen LogP) is 2.26. The molecule has 1 fully saturated rings. The molecule has 0 spiro atoms. The number of carboxylic acids is 1. The van der Waals surface area contributed by atoms with Gasteiger partial charge in [0.1, 0.15) is 11.1 Å². The molecular formula is C20H16F5N3O7S.